The number of carbonyl (C=O) groups is 2. The lowest BCUT2D eigenvalue weighted by molar-refractivity contribution is -0.129. The monoisotopic (exact) mass is 418 g/mol. The van der Waals surface area contributed by atoms with Crippen LogP contribution in [-0.4, -0.2) is 54.5 Å². The van der Waals surface area contributed by atoms with Gasteiger partial charge in [-0.3, -0.25) is 14.5 Å². The molecule has 2 saturated heterocycles. The topological polar surface area (TPSA) is 64.7 Å². The predicted octanol–water partition coefficient (Wildman–Crippen LogP) is 2.09. The first-order valence-electron chi connectivity index (χ1n) is 11.4. The molecule has 0 radical (unpaired) electrons. The minimum Gasteiger partial charge on any atom is -0.353 e. The van der Waals surface area contributed by atoms with E-state index in [4.69, 9.17) is 0 Å². The molecular weight excluding hydrogens is 388 g/mol. The summed E-state index contributed by atoms with van der Waals surface area (Å²) >= 11 is 0. The molecule has 3 heterocycles. The third-order valence-electron chi connectivity index (χ3n) is 6.94. The lowest BCUT2D eigenvalue weighted by Crippen LogP contribution is -2.58. The SMILES string of the molecule is O=C1NC[C@@H](CCC(=O)N2CCc3ccccc32)N2C[C@H](NCc3ccccc3)C[C@H]12. The number of benzene rings is 2. The normalized spacial score (nSPS) is 25.2. The van der Waals surface area contributed by atoms with Crippen molar-refractivity contribution in [2.45, 2.75) is 50.4 Å². The van der Waals surface area contributed by atoms with E-state index in [0.29, 0.717) is 13.0 Å². The molecule has 0 aromatic heterocycles. The van der Waals surface area contributed by atoms with Crippen molar-refractivity contribution in [1.29, 1.82) is 0 Å². The first-order chi connectivity index (χ1) is 15.2. The molecular formula is C25H30N4O2. The number of anilines is 1. The molecule has 2 aromatic rings. The molecule has 5 rings (SSSR count). The molecule has 0 bridgehead atoms. The van der Waals surface area contributed by atoms with E-state index in [9.17, 15) is 9.59 Å². The van der Waals surface area contributed by atoms with Crippen LogP contribution in [0.3, 0.4) is 0 Å². The van der Waals surface area contributed by atoms with Crippen molar-refractivity contribution in [1.82, 2.24) is 15.5 Å². The highest BCUT2D eigenvalue weighted by molar-refractivity contribution is 5.95. The van der Waals surface area contributed by atoms with Gasteiger partial charge in [-0.05, 0) is 36.5 Å². The molecule has 6 nitrogen and oxygen atoms in total. The van der Waals surface area contributed by atoms with Crippen LogP contribution in [0.15, 0.2) is 54.6 Å². The Hall–Kier alpha value is -2.70. The zero-order chi connectivity index (χ0) is 21.2. The second-order valence-corrected chi connectivity index (χ2v) is 8.87. The lowest BCUT2D eigenvalue weighted by Gasteiger charge is -2.37. The quantitative estimate of drug-likeness (QED) is 0.754. The standard InChI is InChI=1S/C25H30N4O2/c30-24(28-13-12-19-8-4-5-9-22(19)28)11-10-21-16-27-25(31)23-14-20(17-29(21)23)26-15-18-6-2-1-3-7-18/h1-9,20-21,23,26H,10-17H2,(H,27,31)/t20-,21-,23-/m1/s1. The summed E-state index contributed by atoms with van der Waals surface area (Å²) in [7, 11) is 0. The van der Waals surface area contributed by atoms with E-state index in [1.807, 2.05) is 41.3 Å². The van der Waals surface area contributed by atoms with Gasteiger partial charge in [0, 0.05) is 50.4 Å². The maximum atomic E-state index is 12.9. The highest BCUT2D eigenvalue weighted by Gasteiger charge is 2.43. The maximum Gasteiger partial charge on any atom is 0.237 e. The highest BCUT2D eigenvalue weighted by Crippen LogP contribution is 2.30. The average molecular weight is 419 g/mol. The molecule has 0 saturated carbocycles. The second kappa shape index (κ2) is 8.81. The van der Waals surface area contributed by atoms with Gasteiger partial charge < -0.3 is 15.5 Å². The van der Waals surface area contributed by atoms with Crippen molar-refractivity contribution >= 4 is 17.5 Å². The number of rotatable bonds is 6. The fraction of sp³-hybridized carbons (Fsp3) is 0.440. The average Bonchev–Trinajstić information content (AvgIpc) is 3.43. The number of para-hydroxylation sites is 1. The lowest BCUT2D eigenvalue weighted by atomic mass is 10.0. The Labute approximate surface area is 183 Å². The van der Waals surface area contributed by atoms with Crippen molar-refractivity contribution in [2.75, 3.05) is 24.5 Å². The summed E-state index contributed by atoms with van der Waals surface area (Å²) in [6, 6.07) is 19.0. The predicted molar refractivity (Wildman–Crippen MR) is 121 cm³/mol. The summed E-state index contributed by atoms with van der Waals surface area (Å²) < 4.78 is 0. The minimum atomic E-state index is -0.0883. The van der Waals surface area contributed by atoms with Crippen LogP contribution in [0.25, 0.3) is 0 Å². The molecule has 0 spiro atoms. The van der Waals surface area contributed by atoms with Crippen LogP contribution in [0.4, 0.5) is 5.69 Å². The molecule has 162 valence electrons. The van der Waals surface area contributed by atoms with Crippen molar-refractivity contribution < 1.29 is 9.59 Å². The van der Waals surface area contributed by atoms with Gasteiger partial charge in [-0.15, -0.1) is 0 Å². The fourth-order valence-corrected chi connectivity index (χ4v) is 5.27. The molecule has 0 aliphatic carbocycles. The number of hydrogen-bond acceptors (Lipinski definition) is 4. The molecule has 31 heavy (non-hydrogen) atoms. The summed E-state index contributed by atoms with van der Waals surface area (Å²) in [6.45, 7) is 3.07. The van der Waals surface area contributed by atoms with E-state index >= 15 is 0 Å². The largest absolute Gasteiger partial charge is 0.353 e. The number of piperazine rings is 1. The first-order valence-corrected chi connectivity index (χ1v) is 11.4. The number of nitrogens with one attached hydrogen (secondary N) is 2. The van der Waals surface area contributed by atoms with Crippen LogP contribution in [0.2, 0.25) is 0 Å². The molecule has 2 aromatic carbocycles. The molecule has 2 fully saturated rings. The van der Waals surface area contributed by atoms with Gasteiger partial charge in [0.05, 0.1) is 6.04 Å². The van der Waals surface area contributed by atoms with E-state index in [-0.39, 0.29) is 29.9 Å². The van der Waals surface area contributed by atoms with E-state index < -0.39 is 0 Å². The van der Waals surface area contributed by atoms with Gasteiger partial charge in [-0.25, -0.2) is 0 Å². The molecule has 2 amide bonds. The smallest absolute Gasteiger partial charge is 0.237 e. The third-order valence-corrected chi connectivity index (χ3v) is 6.94. The van der Waals surface area contributed by atoms with Crippen LogP contribution in [-0.2, 0) is 22.6 Å². The Morgan fingerprint density at radius 3 is 2.77 bits per heavy atom. The molecule has 3 atom stereocenters. The number of carbonyl (C=O) groups excluding carboxylic acids is 2. The van der Waals surface area contributed by atoms with Crippen molar-refractivity contribution in [2.24, 2.45) is 0 Å². The molecule has 3 aliphatic rings. The minimum absolute atomic E-state index is 0.0883. The summed E-state index contributed by atoms with van der Waals surface area (Å²) in [5, 5.41) is 6.69. The van der Waals surface area contributed by atoms with Gasteiger partial charge in [-0.1, -0.05) is 48.5 Å². The summed E-state index contributed by atoms with van der Waals surface area (Å²) in [5.41, 5.74) is 3.58. The van der Waals surface area contributed by atoms with Crippen LogP contribution in [0.5, 0.6) is 0 Å². The van der Waals surface area contributed by atoms with Gasteiger partial charge in [-0.2, -0.15) is 0 Å². The Morgan fingerprint density at radius 2 is 1.90 bits per heavy atom. The molecule has 0 unspecified atom stereocenters. The van der Waals surface area contributed by atoms with Crippen LogP contribution < -0.4 is 15.5 Å². The van der Waals surface area contributed by atoms with Gasteiger partial charge in [0.15, 0.2) is 0 Å². The Balaban J connectivity index is 1.18. The number of hydrogen-bond donors (Lipinski definition) is 2. The third kappa shape index (κ3) is 4.23. The van der Waals surface area contributed by atoms with E-state index in [0.717, 1.165) is 44.6 Å². The zero-order valence-corrected chi connectivity index (χ0v) is 17.8. The van der Waals surface area contributed by atoms with Gasteiger partial charge in [0.1, 0.15) is 0 Å². The zero-order valence-electron chi connectivity index (χ0n) is 17.8. The number of amides is 2. The molecule has 2 N–H and O–H groups in total. The van der Waals surface area contributed by atoms with Crippen LogP contribution in [0, 0.1) is 0 Å². The Morgan fingerprint density at radius 1 is 1.10 bits per heavy atom. The van der Waals surface area contributed by atoms with Crippen LogP contribution in [0.1, 0.15) is 30.4 Å². The molecule has 6 heteroatoms. The summed E-state index contributed by atoms with van der Waals surface area (Å²) in [6.07, 6.45) is 3.05. The molecule has 3 aliphatic heterocycles. The Kier molecular flexibility index (Phi) is 5.74. The maximum absolute atomic E-state index is 12.9. The van der Waals surface area contributed by atoms with Gasteiger partial charge in [0.2, 0.25) is 11.8 Å². The van der Waals surface area contributed by atoms with Crippen molar-refractivity contribution in [3.05, 3.63) is 65.7 Å². The van der Waals surface area contributed by atoms with E-state index in [2.05, 4.69) is 33.7 Å². The van der Waals surface area contributed by atoms with E-state index in [1.165, 1.54) is 11.1 Å². The van der Waals surface area contributed by atoms with Crippen molar-refractivity contribution in [3.63, 3.8) is 0 Å². The number of nitrogens with zero attached hydrogens (tertiary/aromatic N) is 2. The fourth-order valence-electron chi connectivity index (χ4n) is 5.27. The van der Waals surface area contributed by atoms with Gasteiger partial charge >= 0.3 is 0 Å². The van der Waals surface area contributed by atoms with Crippen LogP contribution >= 0.6 is 0 Å². The highest BCUT2D eigenvalue weighted by atomic mass is 16.2. The second-order valence-electron chi connectivity index (χ2n) is 8.87. The summed E-state index contributed by atoms with van der Waals surface area (Å²) in [4.78, 5) is 29.7. The Bertz CT molecular complexity index is 948. The number of fused-ring (bicyclic) bond motifs is 2. The van der Waals surface area contributed by atoms with Gasteiger partial charge in [0.25, 0.3) is 0 Å². The summed E-state index contributed by atoms with van der Waals surface area (Å²) in [5.74, 6) is 0.316. The first kappa shape index (κ1) is 20.2. The van der Waals surface area contributed by atoms with Crippen molar-refractivity contribution in [3.8, 4) is 0 Å². The van der Waals surface area contributed by atoms with E-state index in [1.54, 1.807) is 0 Å².